The zero-order valence-corrected chi connectivity index (χ0v) is 18.3. The Morgan fingerprint density at radius 2 is 1.53 bits per heavy atom. The summed E-state index contributed by atoms with van der Waals surface area (Å²) in [5, 5.41) is 5.45. The summed E-state index contributed by atoms with van der Waals surface area (Å²) in [6.45, 7) is -0.256. The van der Waals surface area contributed by atoms with Crippen LogP contribution < -0.4 is 20.1 Å². The van der Waals surface area contributed by atoms with E-state index in [2.05, 4.69) is 10.6 Å². The largest absolute Gasteiger partial charge is 0.495 e. The van der Waals surface area contributed by atoms with Crippen LogP contribution in [0, 0.1) is 0 Å². The first kappa shape index (κ1) is 22.8. The van der Waals surface area contributed by atoms with Crippen molar-refractivity contribution in [3.8, 4) is 11.5 Å². The highest BCUT2D eigenvalue weighted by Gasteiger charge is 2.11. The van der Waals surface area contributed by atoms with Crippen LogP contribution in [0.2, 0.25) is 0 Å². The number of rotatable bonds is 8. The normalized spacial score (nSPS) is 10.8. The van der Waals surface area contributed by atoms with E-state index >= 15 is 0 Å². The van der Waals surface area contributed by atoms with E-state index in [1.807, 2.05) is 0 Å². The maximum atomic E-state index is 12.4. The fraction of sp³-hybridized carbons (Fsp3) is 0.130. The Bertz CT molecular complexity index is 1210. The summed E-state index contributed by atoms with van der Waals surface area (Å²) >= 11 is 0. The van der Waals surface area contributed by atoms with Gasteiger partial charge in [0.25, 0.3) is 11.8 Å². The van der Waals surface area contributed by atoms with E-state index in [4.69, 9.17) is 9.47 Å². The molecule has 0 unspecified atom stereocenters. The summed E-state index contributed by atoms with van der Waals surface area (Å²) in [4.78, 5) is 24.7. The third kappa shape index (κ3) is 6.08. The average Bonchev–Trinajstić information content (AvgIpc) is 2.78. The van der Waals surface area contributed by atoms with Crippen molar-refractivity contribution in [2.75, 3.05) is 30.6 Å². The van der Waals surface area contributed by atoms with Crippen LogP contribution in [0.4, 0.5) is 11.4 Å². The number of methoxy groups -OCH3 is 1. The van der Waals surface area contributed by atoms with Gasteiger partial charge in [-0.05, 0) is 60.7 Å². The van der Waals surface area contributed by atoms with Crippen molar-refractivity contribution in [2.45, 2.75) is 4.90 Å². The van der Waals surface area contributed by atoms with Crippen molar-refractivity contribution in [3.05, 3.63) is 78.4 Å². The summed E-state index contributed by atoms with van der Waals surface area (Å²) in [5.74, 6) is 0.211. The Kier molecular flexibility index (Phi) is 7.11. The van der Waals surface area contributed by atoms with Crippen molar-refractivity contribution in [3.63, 3.8) is 0 Å². The number of sulfone groups is 1. The Hall–Kier alpha value is -3.85. The molecule has 0 fully saturated rings. The molecule has 0 aromatic heterocycles. The van der Waals surface area contributed by atoms with Gasteiger partial charge in [0, 0.05) is 17.5 Å². The topological polar surface area (TPSA) is 111 Å². The standard InChI is InChI=1S/C23H22N2O6S/c1-30-21-6-4-3-5-20(21)25-23(27)16-7-9-17(10-8-16)24-22(26)15-31-18-11-13-19(14-12-18)32(2,28)29/h3-14H,15H2,1-2H3,(H,24,26)(H,25,27). The molecule has 0 saturated carbocycles. The second kappa shape index (κ2) is 9.97. The summed E-state index contributed by atoms with van der Waals surface area (Å²) in [6, 6.07) is 19.3. The number of hydrogen-bond donors (Lipinski definition) is 2. The van der Waals surface area contributed by atoms with Crippen molar-refractivity contribution < 1.29 is 27.5 Å². The van der Waals surface area contributed by atoms with Crippen LogP contribution in [0.25, 0.3) is 0 Å². The van der Waals surface area contributed by atoms with E-state index in [0.29, 0.717) is 28.4 Å². The van der Waals surface area contributed by atoms with Crippen LogP contribution >= 0.6 is 0 Å². The molecule has 3 aromatic rings. The lowest BCUT2D eigenvalue weighted by atomic mass is 10.2. The molecule has 0 aliphatic heterocycles. The van der Waals surface area contributed by atoms with Crippen molar-refractivity contribution in [1.29, 1.82) is 0 Å². The van der Waals surface area contributed by atoms with Crippen LogP contribution in [0.1, 0.15) is 10.4 Å². The lowest BCUT2D eigenvalue weighted by molar-refractivity contribution is -0.118. The number of amides is 2. The second-order valence-electron chi connectivity index (χ2n) is 6.81. The molecule has 0 bridgehead atoms. The Labute approximate surface area is 186 Å². The van der Waals surface area contributed by atoms with E-state index in [-0.39, 0.29) is 17.4 Å². The molecule has 2 N–H and O–H groups in total. The highest BCUT2D eigenvalue weighted by molar-refractivity contribution is 7.90. The van der Waals surface area contributed by atoms with Crippen LogP contribution in [0.15, 0.2) is 77.7 Å². The van der Waals surface area contributed by atoms with Gasteiger partial charge in [0.1, 0.15) is 11.5 Å². The molecule has 0 saturated heterocycles. The number of hydrogen-bond acceptors (Lipinski definition) is 6. The second-order valence-corrected chi connectivity index (χ2v) is 8.83. The molecule has 3 aromatic carbocycles. The minimum absolute atomic E-state index is 0.170. The third-order valence-corrected chi connectivity index (χ3v) is 5.54. The number of carbonyl (C=O) groups excluding carboxylic acids is 2. The molecule has 9 heteroatoms. The van der Waals surface area contributed by atoms with Gasteiger partial charge in [-0.1, -0.05) is 12.1 Å². The summed E-state index contributed by atoms with van der Waals surface area (Å²) < 4.78 is 33.5. The van der Waals surface area contributed by atoms with Crippen LogP contribution in [0.5, 0.6) is 11.5 Å². The first-order chi connectivity index (χ1) is 15.3. The molecule has 0 aliphatic carbocycles. The third-order valence-electron chi connectivity index (χ3n) is 4.41. The molecule has 32 heavy (non-hydrogen) atoms. The summed E-state index contributed by atoms with van der Waals surface area (Å²) in [6.07, 6.45) is 1.11. The number of para-hydroxylation sites is 2. The minimum atomic E-state index is -3.29. The molecule has 0 atom stereocenters. The quantitative estimate of drug-likeness (QED) is 0.540. The molecule has 0 spiro atoms. The van der Waals surface area contributed by atoms with Crippen LogP contribution in [-0.2, 0) is 14.6 Å². The summed E-state index contributed by atoms with van der Waals surface area (Å²) in [7, 11) is -1.77. The number of anilines is 2. The van der Waals surface area contributed by atoms with Crippen LogP contribution in [-0.4, -0.2) is 40.2 Å². The van der Waals surface area contributed by atoms with Crippen LogP contribution in [0.3, 0.4) is 0 Å². The zero-order valence-electron chi connectivity index (χ0n) is 17.5. The first-order valence-electron chi connectivity index (χ1n) is 9.53. The van der Waals surface area contributed by atoms with Gasteiger partial charge in [-0.25, -0.2) is 8.42 Å². The van der Waals surface area contributed by atoms with E-state index < -0.39 is 15.7 Å². The van der Waals surface area contributed by atoms with Gasteiger partial charge in [-0.3, -0.25) is 9.59 Å². The minimum Gasteiger partial charge on any atom is -0.495 e. The Morgan fingerprint density at radius 3 is 2.16 bits per heavy atom. The lowest BCUT2D eigenvalue weighted by Gasteiger charge is -2.11. The van der Waals surface area contributed by atoms with Crippen molar-refractivity contribution in [1.82, 2.24) is 0 Å². The molecule has 8 nitrogen and oxygen atoms in total. The highest BCUT2D eigenvalue weighted by Crippen LogP contribution is 2.24. The number of nitrogens with one attached hydrogen (secondary N) is 2. The SMILES string of the molecule is COc1ccccc1NC(=O)c1ccc(NC(=O)COc2ccc(S(C)(=O)=O)cc2)cc1. The fourth-order valence-electron chi connectivity index (χ4n) is 2.78. The van der Waals surface area contributed by atoms with E-state index in [1.54, 1.807) is 48.5 Å². The van der Waals surface area contributed by atoms with Gasteiger partial charge in [-0.15, -0.1) is 0 Å². The zero-order chi connectivity index (χ0) is 23.1. The molecule has 2 amide bonds. The van der Waals surface area contributed by atoms with E-state index in [1.165, 1.54) is 31.4 Å². The van der Waals surface area contributed by atoms with Gasteiger partial charge in [0.2, 0.25) is 0 Å². The molecule has 0 aliphatic rings. The van der Waals surface area contributed by atoms with Gasteiger partial charge < -0.3 is 20.1 Å². The molecular weight excluding hydrogens is 432 g/mol. The highest BCUT2D eigenvalue weighted by atomic mass is 32.2. The molecule has 0 heterocycles. The maximum Gasteiger partial charge on any atom is 0.262 e. The average molecular weight is 455 g/mol. The smallest absolute Gasteiger partial charge is 0.262 e. The van der Waals surface area contributed by atoms with Gasteiger partial charge in [0.15, 0.2) is 16.4 Å². The predicted molar refractivity (Wildman–Crippen MR) is 121 cm³/mol. The van der Waals surface area contributed by atoms with Crippen molar-refractivity contribution >= 4 is 33.0 Å². The first-order valence-corrected chi connectivity index (χ1v) is 11.4. The van der Waals surface area contributed by atoms with Gasteiger partial charge in [0.05, 0.1) is 17.7 Å². The van der Waals surface area contributed by atoms with Gasteiger partial charge >= 0.3 is 0 Å². The lowest BCUT2D eigenvalue weighted by Crippen LogP contribution is -2.20. The summed E-state index contributed by atoms with van der Waals surface area (Å²) in [5.41, 5.74) is 1.47. The van der Waals surface area contributed by atoms with E-state index in [0.717, 1.165) is 6.26 Å². The van der Waals surface area contributed by atoms with Crippen molar-refractivity contribution in [2.24, 2.45) is 0 Å². The maximum absolute atomic E-state index is 12.4. The number of carbonyl (C=O) groups is 2. The fourth-order valence-corrected chi connectivity index (χ4v) is 3.41. The predicted octanol–water partition coefficient (Wildman–Crippen LogP) is 3.37. The number of benzene rings is 3. The number of ether oxygens (including phenoxy) is 2. The van der Waals surface area contributed by atoms with E-state index in [9.17, 15) is 18.0 Å². The molecular formula is C23H22N2O6S. The Balaban J connectivity index is 1.53. The van der Waals surface area contributed by atoms with Gasteiger partial charge in [-0.2, -0.15) is 0 Å². The molecule has 3 rings (SSSR count). The molecule has 166 valence electrons. The Morgan fingerprint density at radius 1 is 0.875 bits per heavy atom. The monoisotopic (exact) mass is 454 g/mol. The molecule has 0 radical (unpaired) electrons.